The van der Waals surface area contributed by atoms with Crippen molar-refractivity contribution in [2.24, 2.45) is 5.92 Å². The van der Waals surface area contributed by atoms with Gasteiger partial charge in [0.15, 0.2) is 0 Å². The number of ether oxygens (including phenoxy) is 2. The number of nitrogens with zero attached hydrogens (tertiary/aromatic N) is 1. The van der Waals surface area contributed by atoms with E-state index in [1.165, 1.54) is 11.0 Å². The second-order valence-corrected chi connectivity index (χ2v) is 9.53. The Bertz CT molecular complexity index is 1390. The molecule has 1 heterocycles. The second-order valence-electron chi connectivity index (χ2n) is 9.53. The van der Waals surface area contributed by atoms with Gasteiger partial charge in [-0.2, -0.15) is 0 Å². The molecule has 0 bridgehead atoms. The maximum absolute atomic E-state index is 13.5. The van der Waals surface area contributed by atoms with Crippen LogP contribution in [0.3, 0.4) is 0 Å². The SMILES string of the molecule is CCOC(=O)c1cccc(N2C(=O)C(=O)/C(=C(/O)c3ccc(OCC(C)C)cc3)C2c2ccccc2C)c1. The van der Waals surface area contributed by atoms with E-state index in [-0.39, 0.29) is 23.5 Å². The molecule has 1 saturated heterocycles. The van der Waals surface area contributed by atoms with Gasteiger partial charge >= 0.3 is 5.97 Å². The fraction of sp³-hybridized carbons (Fsp3) is 0.258. The first-order valence-electron chi connectivity index (χ1n) is 12.6. The number of anilines is 1. The van der Waals surface area contributed by atoms with Crippen LogP contribution in [0, 0.1) is 12.8 Å². The monoisotopic (exact) mass is 513 g/mol. The third-order valence-electron chi connectivity index (χ3n) is 6.27. The third kappa shape index (κ3) is 5.32. The smallest absolute Gasteiger partial charge is 0.338 e. The van der Waals surface area contributed by atoms with Crippen LogP contribution in [-0.4, -0.2) is 36.0 Å². The number of aliphatic hydroxyl groups excluding tert-OH is 1. The van der Waals surface area contributed by atoms with Crippen LogP contribution in [0.15, 0.2) is 78.4 Å². The molecule has 3 aromatic carbocycles. The minimum Gasteiger partial charge on any atom is -0.507 e. The Hall–Kier alpha value is -4.39. The van der Waals surface area contributed by atoms with Crippen LogP contribution in [0.4, 0.5) is 5.69 Å². The molecule has 1 aliphatic heterocycles. The van der Waals surface area contributed by atoms with Crippen LogP contribution < -0.4 is 9.64 Å². The molecule has 0 saturated carbocycles. The van der Waals surface area contributed by atoms with Crippen molar-refractivity contribution in [2.45, 2.75) is 33.7 Å². The summed E-state index contributed by atoms with van der Waals surface area (Å²) in [5, 5.41) is 11.4. The van der Waals surface area contributed by atoms with Crippen LogP contribution >= 0.6 is 0 Å². The van der Waals surface area contributed by atoms with Gasteiger partial charge in [0.2, 0.25) is 0 Å². The van der Waals surface area contributed by atoms with Gasteiger partial charge in [-0.25, -0.2) is 4.79 Å². The molecule has 7 heteroatoms. The van der Waals surface area contributed by atoms with Gasteiger partial charge in [-0.3, -0.25) is 14.5 Å². The maximum Gasteiger partial charge on any atom is 0.338 e. The van der Waals surface area contributed by atoms with Crippen molar-refractivity contribution in [2.75, 3.05) is 18.1 Å². The van der Waals surface area contributed by atoms with Crippen molar-refractivity contribution >= 4 is 29.1 Å². The van der Waals surface area contributed by atoms with E-state index in [4.69, 9.17) is 9.47 Å². The van der Waals surface area contributed by atoms with Crippen LogP contribution in [0.2, 0.25) is 0 Å². The molecule has 1 atom stereocenters. The van der Waals surface area contributed by atoms with Gasteiger partial charge in [0, 0.05) is 11.3 Å². The Morgan fingerprint density at radius 3 is 2.34 bits per heavy atom. The summed E-state index contributed by atoms with van der Waals surface area (Å²) in [6.07, 6.45) is 0. The average Bonchev–Trinajstić information content (AvgIpc) is 3.17. The van der Waals surface area contributed by atoms with Crippen molar-refractivity contribution in [3.8, 4) is 5.75 Å². The van der Waals surface area contributed by atoms with Gasteiger partial charge in [-0.15, -0.1) is 0 Å². The summed E-state index contributed by atoms with van der Waals surface area (Å²) in [7, 11) is 0. The number of esters is 1. The summed E-state index contributed by atoms with van der Waals surface area (Å²) in [4.78, 5) is 40.6. The van der Waals surface area contributed by atoms with E-state index in [2.05, 4.69) is 0 Å². The predicted molar refractivity (Wildman–Crippen MR) is 145 cm³/mol. The standard InChI is InChI=1S/C31H31NO6/c1-5-37-31(36)22-10-8-11-23(17-22)32-27(25-12-7-6-9-20(25)4)26(29(34)30(32)35)28(33)21-13-15-24(16-14-21)38-18-19(2)3/h6-17,19,27,33H,5,18H2,1-4H3/b28-26+. The molecular weight excluding hydrogens is 482 g/mol. The Kier molecular flexibility index (Phi) is 7.96. The number of hydrogen-bond acceptors (Lipinski definition) is 6. The highest BCUT2D eigenvalue weighted by Gasteiger charge is 2.47. The van der Waals surface area contributed by atoms with Crippen molar-refractivity contribution in [3.05, 3.63) is 101 Å². The number of amides is 1. The zero-order valence-corrected chi connectivity index (χ0v) is 21.9. The molecule has 1 amide bonds. The number of aliphatic hydroxyl groups is 1. The van der Waals surface area contributed by atoms with Crippen LogP contribution in [0.1, 0.15) is 53.9 Å². The van der Waals surface area contributed by atoms with Crippen LogP contribution in [0.25, 0.3) is 5.76 Å². The largest absolute Gasteiger partial charge is 0.507 e. The first-order chi connectivity index (χ1) is 18.2. The zero-order valence-electron chi connectivity index (χ0n) is 21.9. The molecule has 4 rings (SSSR count). The summed E-state index contributed by atoms with van der Waals surface area (Å²) in [6, 6.07) is 19.6. The van der Waals surface area contributed by atoms with Gasteiger partial charge < -0.3 is 14.6 Å². The first-order valence-corrected chi connectivity index (χ1v) is 12.6. The molecule has 0 radical (unpaired) electrons. The number of hydrogen-bond donors (Lipinski definition) is 1. The van der Waals surface area contributed by atoms with Crippen molar-refractivity contribution in [1.29, 1.82) is 0 Å². The van der Waals surface area contributed by atoms with Crippen molar-refractivity contribution < 1.29 is 29.0 Å². The highest BCUT2D eigenvalue weighted by molar-refractivity contribution is 6.51. The summed E-state index contributed by atoms with van der Waals surface area (Å²) in [5.74, 6) is -1.42. The van der Waals surface area contributed by atoms with E-state index in [1.54, 1.807) is 49.4 Å². The lowest BCUT2D eigenvalue weighted by atomic mass is 9.92. The van der Waals surface area contributed by atoms with Gasteiger partial charge in [0.05, 0.1) is 30.4 Å². The Morgan fingerprint density at radius 1 is 0.974 bits per heavy atom. The predicted octanol–water partition coefficient (Wildman–Crippen LogP) is 5.83. The second kappa shape index (κ2) is 11.3. The van der Waals surface area contributed by atoms with Gasteiger partial charge in [0.25, 0.3) is 11.7 Å². The normalized spacial score (nSPS) is 16.7. The number of ketones is 1. The van der Waals surface area contributed by atoms with Gasteiger partial charge in [-0.05, 0) is 73.4 Å². The summed E-state index contributed by atoms with van der Waals surface area (Å²) in [5.41, 5.74) is 2.50. The molecule has 0 aliphatic carbocycles. The van der Waals surface area contributed by atoms with E-state index < -0.39 is 23.7 Å². The third-order valence-corrected chi connectivity index (χ3v) is 6.27. The van der Waals surface area contributed by atoms with E-state index in [0.717, 1.165) is 5.56 Å². The fourth-order valence-corrected chi connectivity index (χ4v) is 4.41. The summed E-state index contributed by atoms with van der Waals surface area (Å²) >= 11 is 0. The molecule has 1 unspecified atom stereocenters. The average molecular weight is 514 g/mol. The fourth-order valence-electron chi connectivity index (χ4n) is 4.41. The number of carbonyl (C=O) groups excluding carboxylic acids is 3. The quantitative estimate of drug-likeness (QED) is 0.176. The molecular formula is C31H31NO6. The molecule has 3 aromatic rings. The summed E-state index contributed by atoms with van der Waals surface area (Å²) in [6.45, 7) is 8.44. The van der Waals surface area contributed by atoms with E-state index in [0.29, 0.717) is 35.1 Å². The minimum atomic E-state index is -0.898. The molecule has 7 nitrogen and oxygen atoms in total. The van der Waals surface area contributed by atoms with E-state index in [9.17, 15) is 19.5 Å². The van der Waals surface area contributed by atoms with Gasteiger partial charge in [0.1, 0.15) is 11.5 Å². The molecule has 0 aromatic heterocycles. The summed E-state index contributed by atoms with van der Waals surface area (Å²) < 4.78 is 10.8. The molecule has 196 valence electrons. The molecule has 38 heavy (non-hydrogen) atoms. The molecule has 1 aliphatic rings. The molecule has 1 fully saturated rings. The topological polar surface area (TPSA) is 93.1 Å². The highest BCUT2D eigenvalue weighted by atomic mass is 16.5. The molecule has 1 N–H and O–H groups in total. The first kappa shape index (κ1) is 26.7. The van der Waals surface area contributed by atoms with E-state index in [1.807, 2.05) is 45.0 Å². The number of benzene rings is 3. The van der Waals surface area contributed by atoms with Crippen LogP contribution in [0.5, 0.6) is 5.75 Å². The van der Waals surface area contributed by atoms with Crippen molar-refractivity contribution in [3.63, 3.8) is 0 Å². The number of Topliss-reactive ketones (excluding diaryl/α,β-unsaturated/α-hetero) is 1. The van der Waals surface area contributed by atoms with Crippen molar-refractivity contribution in [1.82, 2.24) is 0 Å². The number of carbonyl (C=O) groups is 3. The Morgan fingerprint density at radius 2 is 1.68 bits per heavy atom. The van der Waals surface area contributed by atoms with Gasteiger partial charge in [-0.1, -0.05) is 44.2 Å². The Balaban J connectivity index is 1.83. The molecule has 0 spiro atoms. The maximum atomic E-state index is 13.5. The van der Waals surface area contributed by atoms with E-state index >= 15 is 0 Å². The lowest BCUT2D eigenvalue weighted by Gasteiger charge is -2.27. The lowest BCUT2D eigenvalue weighted by molar-refractivity contribution is -0.132. The zero-order chi connectivity index (χ0) is 27.4. The van der Waals surface area contributed by atoms with Crippen LogP contribution in [-0.2, 0) is 14.3 Å². The number of aryl methyl sites for hydroxylation is 1. The highest BCUT2D eigenvalue weighted by Crippen LogP contribution is 2.43. The Labute approximate surface area is 222 Å². The lowest BCUT2D eigenvalue weighted by Crippen LogP contribution is -2.30. The number of rotatable bonds is 8. The minimum absolute atomic E-state index is 0.0262.